The van der Waals surface area contributed by atoms with E-state index in [-0.39, 0.29) is 11.4 Å². The van der Waals surface area contributed by atoms with E-state index >= 15 is 0 Å². The van der Waals surface area contributed by atoms with Crippen LogP contribution < -0.4 is 27.2 Å². The Balaban J connectivity index is 1.65. The molecule has 0 radical (unpaired) electrons. The highest BCUT2D eigenvalue weighted by Gasteiger charge is 2.27. The fourth-order valence-electron chi connectivity index (χ4n) is 3.34. The maximum atomic E-state index is 12.2. The number of hydrogen-bond acceptors (Lipinski definition) is 6. The van der Waals surface area contributed by atoms with Gasteiger partial charge in [-0.3, -0.25) is 19.4 Å². The molecule has 4 N–H and O–H groups in total. The SMILES string of the molecule is Cc1ccc(-c2cccc(C(Nc3c(Nc4ccncc4)c(=O)c3=O)C(N)=O)c2)cc1. The molecule has 1 aromatic heterocycles. The number of carbonyl (C=O) groups excluding carboxylic acids is 1. The summed E-state index contributed by atoms with van der Waals surface area (Å²) in [5.41, 5.74) is 8.64. The quantitative estimate of drug-likeness (QED) is 0.402. The molecule has 4 aromatic rings. The van der Waals surface area contributed by atoms with Crippen molar-refractivity contribution in [3.63, 3.8) is 0 Å². The number of nitrogens with one attached hydrogen (secondary N) is 2. The van der Waals surface area contributed by atoms with Crippen LogP contribution in [0.5, 0.6) is 0 Å². The van der Waals surface area contributed by atoms with Crippen molar-refractivity contribution in [1.29, 1.82) is 0 Å². The molecule has 1 amide bonds. The average molecular weight is 412 g/mol. The van der Waals surface area contributed by atoms with Crippen LogP contribution in [0.1, 0.15) is 17.2 Å². The van der Waals surface area contributed by atoms with Gasteiger partial charge in [-0.15, -0.1) is 0 Å². The first-order valence-electron chi connectivity index (χ1n) is 9.67. The van der Waals surface area contributed by atoms with Gasteiger partial charge in [-0.25, -0.2) is 0 Å². The van der Waals surface area contributed by atoms with Crippen LogP contribution in [0, 0.1) is 6.92 Å². The molecule has 1 unspecified atom stereocenters. The Kier molecular flexibility index (Phi) is 5.32. The summed E-state index contributed by atoms with van der Waals surface area (Å²) in [6.07, 6.45) is 3.12. The van der Waals surface area contributed by atoms with E-state index in [0.717, 1.165) is 16.7 Å². The van der Waals surface area contributed by atoms with Gasteiger partial charge in [-0.05, 0) is 41.8 Å². The summed E-state index contributed by atoms with van der Waals surface area (Å²) in [6, 6.07) is 17.7. The number of nitrogens with zero attached hydrogens (tertiary/aromatic N) is 1. The number of anilines is 3. The highest BCUT2D eigenvalue weighted by molar-refractivity contribution is 5.88. The second kappa shape index (κ2) is 8.23. The van der Waals surface area contributed by atoms with Crippen molar-refractivity contribution in [2.24, 2.45) is 5.73 Å². The number of aryl methyl sites for hydroxylation is 1. The van der Waals surface area contributed by atoms with Crippen molar-refractivity contribution in [1.82, 2.24) is 4.98 Å². The van der Waals surface area contributed by atoms with Crippen LogP contribution in [0.3, 0.4) is 0 Å². The van der Waals surface area contributed by atoms with Gasteiger partial charge in [0.15, 0.2) is 0 Å². The molecule has 7 heteroatoms. The number of amides is 1. The predicted octanol–water partition coefficient (Wildman–Crippen LogP) is 3.04. The van der Waals surface area contributed by atoms with E-state index in [0.29, 0.717) is 11.3 Å². The van der Waals surface area contributed by atoms with Gasteiger partial charge in [0, 0.05) is 18.1 Å². The summed E-state index contributed by atoms with van der Waals surface area (Å²) in [5.74, 6) is -0.663. The molecule has 0 aliphatic carbocycles. The highest BCUT2D eigenvalue weighted by Crippen LogP contribution is 2.28. The summed E-state index contributed by atoms with van der Waals surface area (Å²) >= 11 is 0. The minimum atomic E-state index is -0.980. The maximum Gasteiger partial charge on any atom is 0.253 e. The largest absolute Gasteiger partial charge is 0.368 e. The van der Waals surface area contributed by atoms with Gasteiger partial charge in [0.1, 0.15) is 17.4 Å². The van der Waals surface area contributed by atoms with Crippen LogP contribution >= 0.6 is 0 Å². The Morgan fingerprint density at radius 2 is 1.58 bits per heavy atom. The molecule has 0 saturated carbocycles. The lowest BCUT2D eigenvalue weighted by Gasteiger charge is -2.21. The van der Waals surface area contributed by atoms with Crippen molar-refractivity contribution >= 4 is 23.0 Å². The maximum absolute atomic E-state index is 12.2. The molecule has 1 heterocycles. The molecule has 0 bridgehead atoms. The van der Waals surface area contributed by atoms with E-state index in [9.17, 15) is 14.4 Å². The summed E-state index contributed by atoms with van der Waals surface area (Å²) < 4.78 is 0. The molecule has 0 fully saturated rings. The highest BCUT2D eigenvalue weighted by atomic mass is 16.2. The van der Waals surface area contributed by atoms with E-state index in [1.54, 1.807) is 30.6 Å². The van der Waals surface area contributed by atoms with Crippen LogP contribution in [-0.4, -0.2) is 10.9 Å². The van der Waals surface area contributed by atoms with Gasteiger partial charge in [0.05, 0.1) is 0 Å². The van der Waals surface area contributed by atoms with Crippen molar-refractivity contribution in [3.8, 4) is 11.1 Å². The Morgan fingerprint density at radius 3 is 2.26 bits per heavy atom. The first-order chi connectivity index (χ1) is 14.9. The number of pyridine rings is 1. The molecule has 0 aliphatic rings. The number of rotatable bonds is 7. The molecule has 0 aliphatic heterocycles. The minimum absolute atomic E-state index is 0.0337. The molecular formula is C24H20N4O3. The second-order valence-corrected chi connectivity index (χ2v) is 7.24. The smallest absolute Gasteiger partial charge is 0.253 e. The average Bonchev–Trinajstić information content (AvgIpc) is 2.79. The van der Waals surface area contributed by atoms with Gasteiger partial charge >= 0.3 is 0 Å². The normalized spacial score (nSPS) is 11.8. The lowest BCUT2D eigenvalue weighted by molar-refractivity contribution is -0.118. The van der Waals surface area contributed by atoms with Gasteiger partial charge in [0.25, 0.3) is 10.9 Å². The number of primary amides is 1. The Morgan fingerprint density at radius 1 is 0.903 bits per heavy atom. The molecule has 3 aromatic carbocycles. The Hall–Kier alpha value is -4.26. The fraction of sp³-hybridized carbons (Fsp3) is 0.0833. The topological polar surface area (TPSA) is 114 Å². The van der Waals surface area contributed by atoms with E-state index in [4.69, 9.17) is 5.73 Å². The fourth-order valence-corrected chi connectivity index (χ4v) is 3.34. The molecule has 4 rings (SSSR count). The van der Waals surface area contributed by atoms with Crippen molar-refractivity contribution < 1.29 is 4.79 Å². The number of hydrogen-bond donors (Lipinski definition) is 3. The van der Waals surface area contributed by atoms with Crippen LogP contribution in [0.25, 0.3) is 11.1 Å². The standard InChI is InChI=1S/C24H20N4O3/c1-14-5-7-15(8-6-14)16-3-2-4-17(13-16)19(24(25)31)28-21-20(22(29)23(21)30)27-18-9-11-26-12-10-18/h2-13,19,28H,1H3,(H2,25,31)(H,26,27). The van der Waals surface area contributed by atoms with Gasteiger partial charge in [0.2, 0.25) is 5.91 Å². The predicted molar refractivity (Wildman–Crippen MR) is 121 cm³/mol. The summed E-state index contributed by atoms with van der Waals surface area (Å²) in [7, 11) is 0. The summed E-state index contributed by atoms with van der Waals surface area (Å²) in [5, 5.41) is 5.77. The van der Waals surface area contributed by atoms with Crippen LogP contribution in [0.4, 0.5) is 17.1 Å². The lowest BCUT2D eigenvalue weighted by atomic mass is 9.98. The van der Waals surface area contributed by atoms with Crippen molar-refractivity contribution in [2.45, 2.75) is 13.0 Å². The molecular weight excluding hydrogens is 392 g/mol. The third kappa shape index (κ3) is 4.06. The van der Waals surface area contributed by atoms with E-state index in [1.807, 2.05) is 49.4 Å². The zero-order valence-corrected chi connectivity index (χ0v) is 16.8. The van der Waals surface area contributed by atoms with Gasteiger partial charge in [-0.2, -0.15) is 0 Å². The van der Waals surface area contributed by atoms with Crippen molar-refractivity contribution in [3.05, 3.63) is 105 Å². The zero-order chi connectivity index (χ0) is 22.0. The van der Waals surface area contributed by atoms with Gasteiger partial charge in [-0.1, -0.05) is 48.0 Å². The minimum Gasteiger partial charge on any atom is -0.368 e. The zero-order valence-electron chi connectivity index (χ0n) is 16.8. The number of benzene rings is 2. The Labute approximate surface area is 178 Å². The monoisotopic (exact) mass is 412 g/mol. The Bertz CT molecular complexity index is 1310. The van der Waals surface area contributed by atoms with E-state index in [1.165, 1.54) is 0 Å². The molecule has 0 saturated heterocycles. The lowest BCUT2D eigenvalue weighted by Crippen LogP contribution is -2.39. The van der Waals surface area contributed by atoms with Gasteiger partial charge < -0.3 is 16.4 Å². The first kappa shape index (κ1) is 20.0. The van der Waals surface area contributed by atoms with Crippen LogP contribution in [0.15, 0.2) is 82.6 Å². The molecule has 7 nitrogen and oxygen atoms in total. The van der Waals surface area contributed by atoms with E-state index in [2.05, 4.69) is 15.6 Å². The molecule has 0 spiro atoms. The van der Waals surface area contributed by atoms with Crippen molar-refractivity contribution in [2.75, 3.05) is 10.6 Å². The van der Waals surface area contributed by atoms with Crippen LogP contribution in [-0.2, 0) is 4.79 Å². The third-order valence-corrected chi connectivity index (χ3v) is 5.04. The third-order valence-electron chi connectivity index (χ3n) is 5.04. The molecule has 1 atom stereocenters. The summed E-state index contributed by atoms with van der Waals surface area (Å²) in [6.45, 7) is 2.01. The summed E-state index contributed by atoms with van der Waals surface area (Å²) in [4.78, 5) is 40.4. The number of aromatic nitrogens is 1. The number of carbonyl (C=O) groups is 1. The van der Waals surface area contributed by atoms with Crippen LogP contribution in [0.2, 0.25) is 0 Å². The first-order valence-corrected chi connectivity index (χ1v) is 9.67. The second-order valence-electron chi connectivity index (χ2n) is 7.24. The van der Waals surface area contributed by atoms with E-state index < -0.39 is 22.8 Å². The molecule has 31 heavy (non-hydrogen) atoms. The number of nitrogens with two attached hydrogens (primary N) is 1. The molecule has 154 valence electrons.